The summed E-state index contributed by atoms with van der Waals surface area (Å²) in [4.78, 5) is 29.3. The molecule has 0 saturated carbocycles. The van der Waals surface area contributed by atoms with E-state index in [-0.39, 0.29) is 29.6 Å². The zero-order valence-electron chi connectivity index (χ0n) is 25.3. The molecule has 2 fully saturated rings. The second-order valence-corrected chi connectivity index (χ2v) is 12.2. The van der Waals surface area contributed by atoms with E-state index in [1.54, 1.807) is 12.1 Å². The van der Waals surface area contributed by atoms with Gasteiger partial charge in [0.15, 0.2) is 0 Å². The van der Waals surface area contributed by atoms with E-state index in [4.69, 9.17) is 4.65 Å². The molecule has 8 heteroatoms. The number of hydrogen-bond acceptors (Lipinski definition) is 6. The summed E-state index contributed by atoms with van der Waals surface area (Å²) in [7, 11) is -0.994. The minimum Gasteiger partial charge on any atom is -0.508 e. The van der Waals surface area contributed by atoms with Gasteiger partial charge in [0.2, 0.25) is 11.8 Å². The number of nitrogens with zero attached hydrogens (tertiary/aromatic N) is 1. The van der Waals surface area contributed by atoms with E-state index in [1.807, 2.05) is 72.8 Å². The Balaban J connectivity index is 1.23. The average molecular weight is 591 g/mol. The lowest BCUT2D eigenvalue weighted by molar-refractivity contribution is -0.122. The fraction of sp³-hybridized carbons (Fsp3) is 0.333. The van der Waals surface area contributed by atoms with Crippen LogP contribution in [0.2, 0.25) is 6.32 Å². The first-order valence-corrected chi connectivity index (χ1v) is 15.6. The van der Waals surface area contributed by atoms with Crippen LogP contribution in [-0.4, -0.2) is 35.2 Å². The molecule has 2 saturated heterocycles. The lowest BCUT2D eigenvalue weighted by Gasteiger charge is -2.43. The minimum atomic E-state index is -0.994. The van der Waals surface area contributed by atoms with Crippen LogP contribution in [0.1, 0.15) is 51.5 Å². The Hall–Kier alpha value is -4.14. The van der Waals surface area contributed by atoms with Gasteiger partial charge >= 0.3 is 7.12 Å². The van der Waals surface area contributed by atoms with E-state index in [0.717, 1.165) is 47.3 Å². The number of rotatable bonds is 9. The summed E-state index contributed by atoms with van der Waals surface area (Å²) in [6.45, 7) is 4.18. The number of nitrogens with one attached hydrogen (secondary N) is 1. The number of phenols is 1. The standard InChI is InChI=1S/C36H39BN2O5/c1-3-8-25-21-30-34(36(42)39(35(30)41)28-16-14-27(15-17-28)38-26-10-5-4-6-11-26)31-22-37(43)44-32(33(25)31)18-13-23(2)19-24-9-7-12-29(40)20-24/h4-7,9-12,14-17,19-20,30-32,34,38,40,43H,3,8,13,18,21-22H2,1-2H3/b23-19+/t30-,31+,32-,34-/m1/s1. The Morgan fingerprint density at radius 2 is 1.75 bits per heavy atom. The monoisotopic (exact) mass is 590 g/mol. The lowest BCUT2D eigenvalue weighted by atomic mass is 9.58. The molecule has 3 N–H and O–H groups in total. The van der Waals surface area contributed by atoms with Crippen molar-refractivity contribution in [3.8, 4) is 5.75 Å². The molecule has 7 nitrogen and oxygen atoms in total. The molecular weight excluding hydrogens is 551 g/mol. The molecule has 0 bridgehead atoms. The first kappa shape index (κ1) is 29.9. The number of fused-ring (bicyclic) bond motifs is 3. The molecule has 6 rings (SSSR count). The number of aromatic hydroxyl groups is 1. The molecule has 0 radical (unpaired) electrons. The molecule has 3 aliphatic rings. The maximum Gasteiger partial charge on any atom is 0.455 e. The molecule has 2 amide bonds. The van der Waals surface area contributed by atoms with Gasteiger partial charge in [-0.05, 0) is 105 Å². The highest BCUT2D eigenvalue weighted by Crippen LogP contribution is 2.52. The van der Waals surface area contributed by atoms with E-state index >= 15 is 0 Å². The number of phenolic OH excluding ortho intramolecular Hbond substituents is 1. The number of para-hydroxylation sites is 1. The fourth-order valence-corrected chi connectivity index (χ4v) is 7.27. The zero-order valence-corrected chi connectivity index (χ0v) is 25.3. The molecule has 0 unspecified atom stereocenters. The third kappa shape index (κ3) is 6.10. The number of carbonyl (C=O) groups is 2. The largest absolute Gasteiger partial charge is 0.508 e. The van der Waals surface area contributed by atoms with E-state index < -0.39 is 19.0 Å². The Labute approximate surface area is 259 Å². The molecule has 2 aliphatic heterocycles. The van der Waals surface area contributed by atoms with Crippen LogP contribution >= 0.6 is 0 Å². The second-order valence-electron chi connectivity index (χ2n) is 12.2. The molecular formula is C36H39BN2O5. The van der Waals surface area contributed by atoms with Gasteiger partial charge in [0.25, 0.3) is 0 Å². The molecule has 4 atom stereocenters. The van der Waals surface area contributed by atoms with Crippen LogP contribution in [-0.2, 0) is 14.2 Å². The quantitative estimate of drug-likeness (QED) is 0.139. The minimum absolute atomic E-state index is 0.154. The summed E-state index contributed by atoms with van der Waals surface area (Å²) in [6, 6.07) is 24.4. The van der Waals surface area contributed by atoms with Crippen LogP contribution in [0.5, 0.6) is 5.75 Å². The predicted molar refractivity (Wildman–Crippen MR) is 174 cm³/mol. The summed E-state index contributed by atoms with van der Waals surface area (Å²) in [5.41, 5.74) is 6.78. The van der Waals surface area contributed by atoms with Crippen molar-refractivity contribution >= 4 is 42.1 Å². The van der Waals surface area contributed by atoms with Crippen LogP contribution < -0.4 is 10.2 Å². The van der Waals surface area contributed by atoms with Gasteiger partial charge in [0, 0.05) is 11.4 Å². The average Bonchev–Trinajstić information content (AvgIpc) is 3.26. The van der Waals surface area contributed by atoms with Crippen molar-refractivity contribution in [3.05, 3.63) is 101 Å². The van der Waals surface area contributed by atoms with Gasteiger partial charge in [-0.1, -0.05) is 60.9 Å². The summed E-state index contributed by atoms with van der Waals surface area (Å²) in [6.07, 6.45) is 5.75. The normalized spacial score (nSPS) is 23.6. The fourth-order valence-electron chi connectivity index (χ4n) is 7.27. The highest BCUT2D eigenvalue weighted by molar-refractivity contribution is 6.43. The van der Waals surface area contributed by atoms with Crippen molar-refractivity contribution in [2.75, 3.05) is 10.2 Å². The first-order chi connectivity index (χ1) is 21.3. The van der Waals surface area contributed by atoms with Gasteiger partial charge < -0.3 is 20.1 Å². The maximum atomic E-state index is 14.1. The Morgan fingerprint density at radius 3 is 2.48 bits per heavy atom. The van der Waals surface area contributed by atoms with E-state index in [9.17, 15) is 19.7 Å². The van der Waals surface area contributed by atoms with E-state index in [2.05, 4.69) is 19.2 Å². The van der Waals surface area contributed by atoms with Crippen molar-refractivity contribution < 1.29 is 24.4 Å². The molecule has 3 aromatic carbocycles. The Kier molecular flexibility index (Phi) is 8.73. The van der Waals surface area contributed by atoms with Gasteiger partial charge in [0.05, 0.1) is 23.6 Å². The van der Waals surface area contributed by atoms with Crippen molar-refractivity contribution in [2.45, 2.75) is 58.4 Å². The summed E-state index contributed by atoms with van der Waals surface area (Å²) < 4.78 is 6.15. The van der Waals surface area contributed by atoms with Crippen molar-refractivity contribution in [3.63, 3.8) is 0 Å². The smallest absolute Gasteiger partial charge is 0.455 e. The number of benzene rings is 3. The predicted octanol–water partition coefficient (Wildman–Crippen LogP) is 7.12. The molecule has 226 valence electrons. The van der Waals surface area contributed by atoms with Gasteiger partial charge in [-0.25, -0.2) is 0 Å². The SMILES string of the molecule is CCCC1=C2[C@@H](CC/C(C)=C/c3cccc(O)c3)OB(O)C[C@@H]2[C@@H]2C(=O)N(c3ccc(Nc4ccccc4)cc3)C(=O)[C@@H]2C1. The molecule has 0 spiro atoms. The van der Waals surface area contributed by atoms with Gasteiger partial charge in [-0.2, -0.15) is 0 Å². The van der Waals surface area contributed by atoms with Crippen LogP contribution in [0.3, 0.4) is 0 Å². The summed E-state index contributed by atoms with van der Waals surface area (Å²) >= 11 is 0. The molecule has 0 aromatic heterocycles. The van der Waals surface area contributed by atoms with Crippen molar-refractivity contribution in [2.24, 2.45) is 17.8 Å². The number of hydrogen-bond donors (Lipinski definition) is 3. The Bertz CT molecular complexity index is 1590. The lowest BCUT2D eigenvalue weighted by Crippen LogP contribution is -2.46. The summed E-state index contributed by atoms with van der Waals surface area (Å²) in [5.74, 6) is -1.29. The number of carbonyl (C=O) groups excluding carboxylic acids is 2. The van der Waals surface area contributed by atoms with Crippen LogP contribution in [0.15, 0.2) is 95.6 Å². The number of amides is 2. The van der Waals surface area contributed by atoms with Gasteiger partial charge in [-0.15, -0.1) is 0 Å². The van der Waals surface area contributed by atoms with E-state index in [0.29, 0.717) is 24.8 Å². The van der Waals surface area contributed by atoms with Crippen LogP contribution in [0, 0.1) is 17.8 Å². The molecule has 1 aliphatic carbocycles. The molecule has 44 heavy (non-hydrogen) atoms. The second kappa shape index (κ2) is 12.8. The zero-order chi connectivity index (χ0) is 30.8. The highest BCUT2D eigenvalue weighted by Gasteiger charge is 2.57. The molecule has 2 heterocycles. The third-order valence-corrected chi connectivity index (χ3v) is 9.13. The van der Waals surface area contributed by atoms with Gasteiger partial charge in [0.1, 0.15) is 5.75 Å². The van der Waals surface area contributed by atoms with Crippen molar-refractivity contribution in [1.82, 2.24) is 0 Å². The third-order valence-electron chi connectivity index (χ3n) is 9.13. The van der Waals surface area contributed by atoms with Crippen molar-refractivity contribution in [1.29, 1.82) is 0 Å². The Morgan fingerprint density at radius 1 is 1.00 bits per heavy atom. The number of allylic oxidation sites excluding steroid dienone is 2. The summed E-state index contributed by atoms with van der Waals surface area (Å²) in [5, 5.41) is 24.0. The number of imide groups is 1. The highest BCUT2D eigenvalue weighted by atomic mass is 16.5. The van der Waals surface area contributed by atoms with Crippen LogP contribution in [0.25, 0.3) is 6.08 Å². The topological polar surface area (TPSA) is 99.1 Å². The first-order valence-electron chi connectivity index (χ1n) is 15.6. The van der Waals surface area contributed by atoms with Gasteiger partial charge in [-0.3, -0.25) is 14.5 Å². The van der Waals surface area contributed by atoms with Crippen LogP contribution in [0.4, 0.5) is 17.1 Å². The van der Waals surface area contributed by atoms with E-state index in [1.165, 1.54) is 10.5 Å². The maximum absolute atomic E-state index is 14.1. The number of anilines is 3. The molecule has 3 aromatic rings.